The zero-order chi connectivity index (χ0) is 16.0. The Morgan fingerprint density at radius 1 is 1.27 bits per heavy atom. The van der Waals surface area contributed by atoms with Crippen molar-refractivity contribution < 1.29 is 24.5 Å². The van der Waals surface area contributed by atoms with E-state index in [1.54, 1.807) is 18.2 Å². The van der Waals surface area contributed by atoms with Gasteiger partial charge in [-0.15, -0.1) is 0 Å². The van der Waals surface area contributed by atoms with Crippen molar-refractivity contribution in [1.29, 1.82) is 0 Å². The predicted octanol–water partition coefficient (Wildman–Crippen LogP) is 2.30. The Balaban J connectivity index is 0.000000299. The van der Waals surface area contributed by atoms with Gasteiger partial charge in [-0.2, -0.15) is 0 Å². The Morgan fingerprint density at radius 3 is 2.45 bits per heavy atom. The summed E-state index contributed by atoms with van der Waals surface area (Å²) in [6.45, 7) is 4.31. The van der Waals surface area contributed by atoms with Crippen LogP contribution in [0.15, 0.2) is 24.3 Å². The van der Waals surface area contributed by atoms with Crippen molar-refractivity contribution in [3.63, 3.8) is 0 Å². The minimum absolute atomic E-state index is 0.0932. The monoisotopic (exact) mass is 309 g/mol. The molecule has 2 aliphatic heterocycles. The summed E-state index contributed by atoms with van der Waals surface area (Å²) >= 11 is 0. The van der Waals surface area contributed by atoms with Crippen LogP contribution in [-0.4, -0.2) is 41.9 Å². The number of para-hydroxylation sites is 1. The highest BCUT2D eigenvalue weighted by Gasteiger charge is 2.40. The van der Waals surface area contributed by atoms with Gasteiger partial charge in [0, 0.05) is 19.1 Å². The summed E-state index contributed by atoms with van der Waals surface area (Å²) < 4.78 is 10.2. The second kappa shape index (κ2) is 7.58. The van der Waals surface area contributed by atoms with Crippen LogP contribution in [0.3, 0.4) is 0 Å². The minimum atomic E-state index is -1.48. The lowest BCUT2D eigenvalue weighted by Gasteiger charge is -2.29. The fraction of sp³-hybridized carbons (Fsp3) is 0.562. The van der Waals surface area contributed by atoms with Crippen LogP contribution in [0.25, 0.3) is 0 Å². The van der Waals surface area contributed by atoms with Crippen molar-refractivity contribution in [3.05, 3.63) is 29.8 Å². The molecule has 6 heteroatoms. The molecular formula is C16H23NO5. The van der Waals surface area contributed by atoms with Crippen LogP contribution in [0, 0.1) is 5.92 Å². The van der Waals surface area contributed by atoms with Gasteiger partial charge in [0.05, 0.1) is 17.9 Å². The summed E-state index contributed by atoms with van der Waals surface area (Å²) in [7, 11) is 0. The molecule has 2 saturated heterocycles. The number of hydrogen-bond acceptors (Lipinski definition) is 5. The van der Waals surface area contributed by atoms with Gasteiger partial charge in [-0.25, -0.2) is 4.79 Å². The highest BCUT2D eigenvalue weighted by atomic mass is 16.6. The maximum Gasteiger partial charge on any atom is 0.337 e. The zero-order valence-electron chi connectivity index (χ0n) is 12.7. The predicted molar refractivity (Wildman–Crippen MR) is 81.8 cm³/mol. The van der Waals surface area contributed by atoms with E-state index in [0.29, 0.717) is 12.3 Å². The van der Waals surface area contributed by atoms with Crippen LogP contribution in [-0.2, 0) is 9.47 Å². The summed E-state index contributed by atoms with van der Waals surface area (Å²) in [5.74, 6) is -2.61. The van der Waals surface area contributed by atoms with Gasteiger partial charge in [0.25, 0.3) is 0 Å². The summed E-state index contributed by atoms with van der Waals surface area (Å²) in [6, 6.07) is 6.43. The third kappa shape index (κ3) is 4.19. The molecule has 1 aromatic carbocycles. The number of carboxylic acids is 1. The largest absolute Gasteiger partial charge is 0.478 e. The standard InChI is InChI=1S/C12H15NO4.C4H8O/c1-8-6-7-17-12(8,16)13-10-5-3-2-4-9(10)11(14)15;1-2-4-5-3-1/h2-5,8,13,16H,6-7H2,1H3,(H,14,15);1-4H2. The molecule has 0 aliphatic carbocycles. The lowest BCUT2D eigenvalue weighted by molar-refractivity contribution is -0.168. The van der Waals surface area contributed by atoms with Gasteiger partial charge in [-0.3, -0.25) is 0 Å². The fourth-order valence-corrected chi connectivity index (χ4v) is 2.37. The first-order chi connectivity index (χ1) is 10.5. The topological polar surface area (TPSA) is 88.0 Å². The number of ether oxygens (including phenoxy) is 2. The van der Waals surface area contributed by atoms with Gasteiger partial charge in [0.2, 0.25) is 5.91 Å². The first-order valence-corrected chi connectivity index (χ1v) is 7.57. The Hall–Kier alpha value is -1.63. The number of aromatic carboxylic acids is 1. The number of hydrogen-bond donors (Lipinski definition) is 3. The number of rotatable bonds is 3. The number of carboxylic acid groups (broad SMARTS) is 1. The van der Waals surface area contributed by atoms with Crippen LogP contribution in [0.5, 0.6) is 0 Å². The molecule has 1 aromatic rings. The van der Waals surface area contributed by atoms with E-state index in [1.165, 1.54) is 18.9 Å². The summed E-state index contributed by atoms with van der Waals surface area (Å²) in [4.78, 5) is 11.0. The summed E-state index contributed by atoms with van der Waals surface area (Å²) in [5, 5.41) is 22.0. The maximum atomic E-state index is 11.0. The van der Waals surface area contributed by atoms with Gasteiger partial charge < -0.3 is 25.0 Å². The molecule has 6 nitrogen and oxygen atoms in total. The van der Waals surface area contributed by atoms with Crippen LogP contribution in [0.1, 0.15) is 36.5 Å². The zero-order valence-corrected chi connectivity index (χ0v) is 12.7. The highest BCUT2D eigenvalue weighted by molar-refractivity contribution is 5.94. The summed E-state index contributed by atoms with van der Waals surface area (Å²) in [6.07, 6.45) is 3.29. The first kappa shape index (κ1) is 16.7. The molecule has 2 atom stereocenters. The number of nitrogens with one attached hydrogen (secondary N) is 1. The molecule has 2 unspecified atom stereocenters. The Kier molecular flexibility index (Phi) is 5.76. The van der Waals surface area contributed by atoms with Crippen LogP contribution < -0.4 is 5.32 Å². The van der Waals surface area contributed by atoms with Crippen molar-refractivity contribution in [1.82, 2.24) is 0 Å². The Labute approximate surface area is 130 Å². The second-order valence-corrected chi connectivity index (χ2v) is 5.53. The molecule has 2 fully saturated rings. The SMILES string of the molecule is C1CCOC1.CC1CCOC1(O)Nc1ccccc1C(=O)O. The fourth-order valence-electron chi connectivity index (χ4n) is 2.37. The Bertz CT molecular complexity index is 495. The number of benzene rings is 1. The van der Waals surface area contributed by atoms with Crippen molar-refractivity contribution >= 4 is 11.7 Å². The number of aliphatic hydroxyl groups is 1. The molecule has 2 aliphatic rings. The molecule has 0 spiro atoms. The molecule has 22 heavy (non-hydrogen) atoms. The van der Waals surface area contributed by atoms with E-state index in [1.807, 2.05) is 6.92 Å². The van der Waals surface area contributed by atoms with Gasteiger partial charge in [-0.1, -0.05) is 19.1 Å². The number of carbonyl (C=O) groups is 1. The van der Waals surface area contributed by atoms with Crippen LogP contribution in [0.2, 0.25) is 0 Å². The molecule has 0 saturated carbocycles. The third-order valence-corrected chi connectivity index (χ3v) is 3.84. The van der Waals surface area contributed by atoms with E-state index in [-0.39, 0.29) is 11.5 Å². The second-order valence-electron chi connectivity index (χ2n) is 5.53. The molecule has 0 bridgehead atoms. The molecule has 0 radical (unpaired) electrons. The molecule has 0 amide bonds. The molecule has 122 valence electrons. The molecule has 2 heterocycles. The lowest BCUT2D eigenvalue weighted by atomic mass is 10.1. The highest BCUT2D eigenvalue weighted by Crippen LogP contribution is 2.31. The van der Waals surface area contributed by atoms with Crippen molar-refractivity contribution in [2.75, 3.05) is 25.1 Å². The lowest BCUT2D eigenvalue weighted by Crippen LogP contribution is -2.42. The van der Waals surface area contributed by atoms with E-state index in [2.05, 4.69) is 5.32 Å². The van der Waals surface area contributed by atoms with Gasteiger partial charge >= 0.3 is 5.97 Å². The Morgan fingerprint density at radius 2 is 1.95 bits per heavy atom. The van der Waals surface area contributed by atoms with Crippen molar-refractivity contribution in [3.8, 4) is 0 Å². The van der Waals surface area contributed by atoms with E-state index in [9.17, 15) is 9.90 Å². The molecular weight excluding hydrogens is 286 g/mol. The minimum Gasteiger partial charge on any atom is -0.478 e. The third-order valence-electron chi connectivity index (χ3n) is 3.84. The average Bonchev–Trinajstić information content (AvgIpc) is 3.15. The first-order valence-electron chi connectivity index (χ1n) is 7.57. The summed E-state index contributed by atoms with van der Waals surface area (Å²) in [5.41, 5.74) is 0.472. The molecule has 0 aromatic heterocycles. The van der Waals surface area contributed by atoms with Gasteiger partial charge in [-0.05, 0) is 31.4 Å². The quantitative estimate of drug-likeness (QED) is 0.743. The van der Waals surface area contributed by atoms with E-state index < -0.39 is 11.9 Å². The van der Waals surface area contributed by atoms with Crippen LogP contribution in [0.4, 0.5) is 5.69 Å². The van der Waals surface area contributed by atoms with Crippen LogP contribution >= 0.6 is 0 Å². The molecule has 3 N–H and O–H groups in total. The molecule has 3 rings (SSSR count). The maximum absolute atomic E-state index is 11.0. The number of anilines is 1. The normalized spacial score (nSPS) is 27.1. The van der Waals surface area contributed by atoms with E-state index >= 15 is 0 Å². The van der Waals surface area contributed by atoms with E-state index in [0.717, 1.165) is 19.6 Å². The van der Waals surface area contributed by atoms with E-state index in [4.69, 9.17) is 14.6 Å². The average molecular weight is 309 g/mol. The smallest absolute Gasteiger partial charge is 0.337 e. The van der Waals surface area contributed by atoms with Crippen molar-refractivity contribution in [2.24, 2.45) is 5.92 Å². The van der Waals surface area contributed by atoms with Crippen molar-refractivity contribution in [2.45, 2.75) is 32.1 Å². The van der Waals surface area contributed by atoms with Gasteiger partial charge in [0.1, 0.15) is 0 Å². The van der Waals surface area contributed by atoms with Gasteiger partial charge in [0.15, 0.2) is 0 Å².